The number of rotatable bonds is 2. The molecule has 0 saturated carbocycles. The van der Waals surface area contributed by atoms with Gasteiger partial charge in [0, 0.05) is 0 Å². The first-order chi connectivity index (χ1) is 3.55. The second kappa shape index (κ2) is 2.89. The maximum Gasteiger partial charge on any atom is 0.322 e. The number of halogens is 1. The Morgan fingerprint density at radius 2 is 2.25 bits per heavy atom. The van der Waals surface area contributed by atoms with E-state index in [1.54, 1.807) is 6.92 Å². The van der Waals surface area contributed by atoms with Gasteiger partial charge in [-0.1, -0.05) is 0 Å². The highest BCUT2D eigenvalue weighted by molar-refractivity contribution is 6.22. The van der Waals surface area contributed by atoms with Crippen molar-refractivity contribution in [3.05, 3.63) is 0 Å². The Morgan fingerprint density at radius 3 is 2.25 bits per heavy atom. The van der Waals surface area contributed by atoms with Gasteiger partial charge in [-0.05, 0) is 6.92 Å². The van der Waals surface area contributed by atoms with Crippen LogP contribution in [-0.2, 0) is 4.79 Å². The van der Waals surface area contributed by atoms with Crippen LogP contribution in [-0.4, -0.2) is 22.5 Å². The number of carboxylic acid groups (broad SMARTS) is 1. The van der Waals surface area contributed by atoms with Crippen molar-refractivity contribution in [2.24, 2.45) is 5.73 Å². The van der Waals surface area contributed by atoms with Gasteiger partial charge in [0.25, 0.3) is 0 Å². The average Bonchev–Trinajstić information content (AvgIpc) is 1.64. The maximum atomic E-state index is 9.93. The van der Waals surface area contributed by atoms with E-state index >= 15 is 0 Å². The third kappa shape index (κ3) is 2.14. The first-order valence-corrected chi connectivity index (χ1v) is 2.62. The van der Waals surface area contributed by atoms with Crippen molar-refractivity contribution in [1.82, 2.24) is 0 Å². The Balaban J connectivity index is 3.64. The molecule has 0 heterocycles. The summed E-state index contributed by atoms with van der Waals surface area (Å²) in [5.74, 6) is -1.06. The minimum atomic E-state index is -1.06. The normalized spacial score (nSPS) is 17.4. The van der Waals surface area contributed by atoms with Gasteiger partial charge in [-0.3, -0.25) is 4.79 Å². The van der Waals surface area contributed by atoms with Gasteiger partial charge in [-0.15, -0.1) is 11.6 Å². The number of carbonyl (C=O) groups is 1. The van der Waals surface area contributed by atoms with Gasteiger partial charge in [0.15, 0.2) is 0 Å². The second-order valence-corrected chi connectivity index (χ2v) is 2.23. The highest BCUT2D eigenvalue weighted by Gasteiger charge is 2.16. The average molecular weight is 138 g/mol. The van der Waals surface area contributed by atoms with Gasteiger partial charge in [0.05, 0.1) is 5.38 Å². The van der Waals surface area contributed by atoms with Crippen molar-refractivity contribution in [1.29, 1.82) is 0 Å². The molecule has 0 aromatic carbocycles. The number of nitrogens with two attached hydrogens (primary N) is 1. The number of carboxylic acids is 1. The van der Waals surface area contributed by atoms with Crippen LogP contribution in [0, 0.1) is 0 Å². The Hall–Kier alpha value is -0.280. The summed E-state index contributed by atoms with van der Waals surface area (Å²) in [6, 6.07) is -0.948. The van der Waals surface area contributed by atoms with Gasteiger partial charge < -0.3 is 10.8 Å². The summed E-state index contributed by atoms with van der Waals surface area (Å²) in [4.78, 5) is 9.93. The molecule has 2 unspecified atom stereocenters. The van der Waals surface area contributed by atoms with E-state index in [-0.39, 0.29) is 0 Å². The molecule has 48 valence electrons. The van der Waals surface area contributed by atoms with Crippen LogP contribution in [0.2, 0.25) is 0 Å². The number of hydrogen-bond acceptors (Lipinski definition) is 2. The molecule has 0 spiro atoms. The fourth-order valence-electron chi connectivity index (χ4n) is 0.196. The van der Waals surface area contributed by atoms with Crippen molar-refractivity contribution >= 4 is 17.6 Å². The third-order valence-corrected chi connectivity index (χ3v) is 1.05. The fourth-order valence-corrected chi connectivity index (χ4v) is 0.304. The highest BCUT2D eigenvalue weighted by Crippen LogP contribution is 1.97. The summed E-state index contributed by atoms with van der Waals surface area (Å²) in [5.41, 5.74) is 5.03. The van der Waals surface area contributed by atoms with Gasteiger partial charge >= 0.3 is 5.97 Å². The summed E-state index contributed by atoms with van der Waals surface area (Å²) < 4.78 is 0. The predicted octanol–water partition coefficient (Wildman–Crippen LogP) is 0.0256. The fraction of sp³-hybridized carbons (Fsp3) is 0.750. The Bertz CT molecular complexity index is 94.0. The molecule has 8 heavy (non-hydrogen) atoms. The molecule has 0 radical (unpaired) electrons. The molecular formula is C4H8ClNO2. The van der Waals surface area contributed by atoms with Gasteiger partial charge in [-0.25, -0.2) is 0 Å². The van der Waals surface area contributed by atoms with Crippen LogP contribution < -0.4 is 5.73 Å². The van der Waals surface area contributed by atoms with Crippen LogP contribution >= 0.6 is 11.6 Å². The van der Waals surface area contributed by atoms with Crippen LogP contribution in [0.5, 0.6) is 0 Å². The van der Waals surface area contributed by atoms with Crippen LogP contribution in [0.3, 0.4) is 0 Å². The predicted molar refractivity (Wildman–Crippen MR) is 30.9 cm³/mol. The zero-order valence-corrected chi connectivity index (χ0v) is 5.22. The minimum Gasteiger partial charge on any atom is -0.480 e. The number of alkyl halides is 1. The molecule has 0 rings (SSSR count). The molecule has 2 atom stereocenters. The number of hydrogen-bond donors (Lipinski definition) is 2. The highest BCUT2D eigenvalue weighted by atomic mass is 35.5. The maximum absolute atomic E-state index is 9.93. The van der Waals surface area contributed by atoms with E-state index in [1.165, 1.54) is 0 Å². The zero-order valence-electron chi connectivity index (χ0n) is 4.47. The SMILES string of the molecule is CC(Cl)C(N)C(=O)O. The van der Waals surface area contributed by atoms with Gasteiger partial charge in [0.1, 0.15) is 6.04 Å². The molecule has 0 aliphatic carbocycles. The Kier molecular flexibility index (Phi) is 2.79. The molecule has 3 nitrogen and oxygen atoms in total. The first kappa shape index (κ1) is 7.72. The molecule has 3 N–H and O–H groups in total. The lowest BCUT2D eigenvalue weighted by Gasteiger charge is -2.05. The molecule has 0 bridgehead atoms. The molecule has 0 fully saturated rings. The topological polar surface area (TPSA) is 63.3 Å². The van der Waals surface area contributed by atoms with E-state index in [1.807, 2.05) is 0 Å². The standard InChI is InChI=1S/C4H8ClNO2/c1-2(5)3(6)4(7)8/h2-3H,6H2,1H3,(H,7,8). The second-order valence-electron chi connectivity index (χ2n) is 1.54. The molecule has 0 aliphatic rings. The van der Waals surface area contributed by atoms with Gasteiger partial charge in [0.2, 0.25) is 0 Å². The van der Waals surface area contributed by atoms with E-state index in [2.05, 4.69) is 0 Å². The van der Waals surface area contributed by atoms with Crippen LogP contribution in [0.1, 0.15) is 6.92 Å². The van der Waals surface area contributed by atoms with Crippen molar-refractivity contribution in [2.45, 2.75) is 18.3 Å². The molecule has 0 saturated heterocycles. The van der Waals surface area contributed by atoms with Crippen molar-refractivity contribution in [2.75, 3.05) is 0 Å². The third-order valence-electron chi connectivity index (χ3n) is 0.780. The van der Waals surface area contributed by atoms with Crippen molar-refractivity contribution in [3.8, 4) is 0 Å². The first-order valence-electron chi connectivity index (χ1n) is 2.18. The summed E-state index contributed by atoms with van der Waals surface area (Å²) in [6.45, 7) is 1.54. The van der Waals surface area contributed by atoms with E-state index in [9.17, 15) is 4.79 Å². The minimum absolute atomic E-state index is 0.507. The molecular weight excluding hydrogens is 130 g/mol. The molecule has 4 heteroatoms. The Morgan fingerprint density at radius 1 is 1.88 bits per heavy atom. The lowest BCUT2D eigenvalue weighted by molar-refractivity contribution is -0.138. The van der Waals surface area contributed by atoms with E-state index in [0.717, 1.165) is 0 Å². The van der Waals surface area contributed by atoms with E-state index in [0.29, 0.717) is 0 Å². The van der Waals surface area contributed by atoms with Gasteiger partial charge in [-0.2, -0.15) is 0 Å². The lowest BCUT2D eigenvalue weighted by Crippen LogP contribution is -2.37. The quantitative estimate of drug-likeness (QED) is 0.528. The summed E-state index contributed by atoms with van der Waals surface area (Å²) in [7, 11) is 0. The largest absolute Gasteiger partial charge is 0.480 e. The Labute approximate surface area is 52.4 Å². The van der Waals surface area contributed by atoms with Crippen molar-refractivity contribution in [3.63, 3.8) is 0 Å². The molecule has 0 amide bonds. The molecule has 0 aliphatic heterocycles. The van der Waals surface area contributed by atoms with Crippen molar-refractivity contribution < 1.29 is 9.90 Å². The molecule has 0 aromatic rings. The smallest absolute Gasteiger partial charge is 0.322 e. The lowest BCUT2D eigenvalue weighted by atomic mass is 10.2. The number of aliphatic carboxylic acids is 1. The van der Waals surface area contributed by atoms with E-state index in [4.69, 9.17) is 22.4 Å². The zero-order chi connectivity index (χ0) is 6.73. The van der Waals surface area contributed by atoms with Crippen LogP contribution in [0.25, 0.3) is 0 Å². The summed E-state index contributed by atoms with van der Waals surface area (Å²) in [5, 5.41) is 7.64. The van der Waals surface area contributed by atoms with Crippen LogP contribution in [0.15, 0.2) is 0 Å². The monoisotopic (exact) mass is 137 g/mol. The summed E-state index contributed by atoms with van der Waals surface area (Å²) >= 11 is 5.32. The van der Waals surface area contributed by atoms with E-state index < -0.39 is 17.4 Å². The van der Waals surface area contributed by atoms with Crippen LogP contribution in [0.4, 0.5) is 0 Å². The molecule has 0 aromatic heterocycles. The summed E-state index contributed by atoms with van der Waals surface area (Å²) in [6.07, 6.45) is 0.